The number of ether oxygens (including phenoxy) is 1. The van der Waals surface area contributed by atoms with Crippen LogP contribution < -0.4 is 0 Å². The van der Waals surface area contributed by atoms with Gasteiger partial charge in [0.15, 0.2) is 0 Å². The summed E-state index contributed by atoms with van der Waals surface area (Å²) in [6, 6.07) is 9.83. The van der Waals surface area contributed by atoms with Crippen molar-refractivity contribution in [2.45, 2.75) is 4.90 Å². The minimum atomic E-state index is -0.254. The van der Waals surface area contributed by atoms with Gasteiger partial charge in [0.1, 0.15) is 3.53 Å². The molecule has 0 radical (unpaired) electrons. The van der Waals surface area contributed by atoms with Crippen LogP contribution in [0.4, 0.5) is 0 Å². The summed E-state index contributed by atoms with van der Waals surface area (Å²) < 4.78 is 5.25. The van der Waals surface area contributed by atoms with E-state index in [4.69, 9.17) is 12.2 Å². The molecular formula is C10H10O2S3. The number of esters is 1. The average Bonchev–Trinajstić information content (AvgIpc) is 2.27. The van der Waals surface area contributed by atoms with Crippen molar-refractivity contribution in [2.24, 2.45) is 0 Å². The topological polar surface area (TPSA) is 26.3 Å². The van der Waals surface area contributed by atoms with Crippen LogP contribution in [-0.4, -0.2) is 22.4 Å². The van der Waals surface area contributed by atoms with Crippen molar-refractivity contribution in [3.05, 3.63) is 30.3 Å². The molecule has 0 aromatic heterocycles. The molecule has 0 N–H and O–H groups in total. The maximum Gasteiger partial charge on any atom is 0.316 e. The molecular weight excluding hydrogens is 248 g/mol. The van der Waals surface area contributed by atoms with Crippen LogP contribution in [0.15, 0.2) is 35.2 Å². The second-order valence-electron chi connectivity index (χ2n) is 2.53. The van der Waals surface area contributed by atoms with Crippen molar-refractivity contribution < 1.29 is 9.53 Å². The molecule has 0 fully saturated rings. The van der Waals surface area contributed by atoms with Crippen LogP contribution in [0.25, 0.3) is 0 Å². The summed E-state index contributed by atoms with van der Waals surface area (Å²) in [5.41, 5.74) is 0. The Balaban J connectivity index is 2.34. The van der Waals surface area contributed by atoms with Crippen LogP contribution in [-0.2, 0) is 9.53 Å². The summed E-state index contributed by atoms with van der Waals surface area (Å²) in [6.07, 6.45) is 0. The first-order chi connectivity index (χ1) is 7.22. The first kappa shape index (κ1) is 12.5. The number of thioether (sulfide) groups is 2. The van der Waals surface area contributed by atoms with Crippen LogP contribution >= 0.6 is 35.7 Å². The smallest absolute Gasteiger partial charge is 0.316 e. The van der Waals surface area contributed by atoms with E-state index in [1.54, 1.807) is 0 Å². The lowest BCUT2D eigenvalue weighted by molar-refractivity contribution is -0.137. The van der Waals surface area contributed by atoms with E-state index < -0.39 is 0 Å². The van der Waals surface area contributed by atoms with E-state index in [-0.39, 0.29) is 11.7 Å². The molecule has 0 saturated carbocycles. The van der Waals surface area contributed by atoms with Gasteiger partial charge in [-0.2, -0.15) is 0 Å². The highest BCUT2D eigenvalue weighted by molar-refractivity contribution is 8.47. The van der Waals surface area contributed by atoms with Crippen LogP contribution in [0, 0.1) is 0 Å². The summed E-state index contributed by atoms with van der Waals surface area (Å²) in [6.45, 7) is 0. The molecule has 15 heavy (non-hydrogen) atoms. The fourth-order valence-corrected chi connectivity index (χ4v) is 2.80. The molecule has 0 unspecified atom stereocenters. The number of carbonyl (C=O) groups excluding carboxylic acids is 1. The van der Waals surface area contributed by atoms with E-state index >= 15 is 0 Å². The largest absolute Gasteiger partial charge is 0.468 e. The Labute approximate surface area is 103 Å². The number of methoxy groups -OCH3 is 1. The van der Waals surface area contributed by atoms with Crippen LogP contribution in [0.2, 0.25) is 0 Å². The van der Waals surface area contributed by atoms with E-state index in [0.29, 0.717) is 0 Å². The molecule has 0 spiro atoms. The minimum Gasteiger partial charge on any atom is -0.468 e. The van der Waals surface area contributed by atoms with E-state index in [0.717, 1.165) is 8.42 Å². The van der Waals surface area contributed by atoms with Crippen molar-refractivity contribution in [2.75, 3.05) is 12.9 Å². The van der Waals surface area contributed by atoms with E-state index in [9.17, 15) is 4.79 Å². The zero-order valence-electron chi connectivity index (χ0n) is 8.14. The third kappa shape index (κ3) is 5.20. The van der Waals surface area contributed by atoms with Crippen molar-refractivity contribution in [1.29, 1.82) is 0 Å². The van der Waals surface area contributed by atoms with Gasteiger partial charge >= 0.3 is 5.97 Å². The summed E-state index contributed by atoms with van der Waals surface area (Å²) in [5, 5.41) is 0. The maximum absolute atomic E-state index is 10.9. The molecule has 0 amide bonds. The number of rotatable bonds is 3. The maximum atomic E-state index is 10.9. The van der Waals surface area contributed by atoms with Gasteiger partial charge in [-0.05, 0) is 12.1 Å². The molecule has 0 saturated heterocycles. The van der Waals surface area contributed by atoms with Crippen LogP contribution in [0.5, 0.6) is 0 Å². The number of carbonyl (C=O) groups is 1. The van der Waals surface area contributed by atoms with Gasteiger partial charge in [0.25, 0.3) is 0 Å². The first-order valence-corrected chi connectivity index (χ1v) is 6.40. The predicted molar refractivity (Wildman–Crippen MR) is 69.4 cm³/mol. The monoisotopic (exact) mass is 258 g/mol. The van der Waals surface area contributed by atoms with Gasteiger partial charge < -0.3 is 4.74 Å². The molecule has 5 heteroatoms. The third-order valence-corrected chi connectivity index (χ3v) is 3.98. The Morgan fingerprint density at radius 2 is 2.07 bits per heavy atom. The summed E-state index contributed by atoms with van der Waals surface area (Å²) in [4.78, 5) is 11.9. The summed E-state index contributed by atoms with van der Waals surface area (Å²) in [5.74, 6) is 0.0193. The number of hydrogen-bond donors (Lipinski definition) is 0. The molecule has 1 aromatic rings. The van der Waals surface area contributed by atoms with Gasteiger partial charge in [0, 0.05) is 4.90 Å². The lowest BCUT2D eigenvalue weighted by Gasteiger charge is -2.02. The van der Waals surface area contributed by atoms with E-state index in [1.165, 1.54) is 30.6 Å². The van der Waals surface area contributed by atoms with Gasteiger partial charge in [-0.1, -0.05) is 53.9 Å². The Morgan fingerprint density at radius 3 is 2.67 bits per heavy atom. The molecule has 0 aliphatic carbocycles. The zero-order chi connectivity index (χ0) is 11.1. The normalized spacial score (nSPS) is 9.67. The van der Waals surface area contributed by atoms with Gasteiger partial charge in [0.05, 0.1) is 12.9 Å². The van der Waals surface area contributed by atoms with Gasteiger partial charge in [-0.3, -0.25) is 4.79 Å². The average molecular weight is 258 g/mol. The van der Waals surface area contributed by atoms with Crippen molar-refractivity contribution in [3.63, 3.8) is 0 Å². The van der Waals surface area contributed by atoms with Gasteiger partial charge in [0.2, 0.25) is 0 Å². The highest BCUT2D eigenvalue weighted by atomic mass is 32.2. The standard InChI is InChI=1S/C10H10O2S3/c1-12-9(11)7-14-10(13)15-8-5-3-2-4-6-8/h2-6H,7H2,1H3. The summed E-state index contributed by atoms with van der Waals surface area (Å²) in [7, 11) is 1.37. The van der Waals surface area contributed by atoms with E-state index in [1.807, 2.05) is 30.3 Å². The second kappa shape index (κ2) is 6.87. The molecule has 1 rings (SSSR count). The lowest BCUT2D eigenvalue weighted by atomic mass is 10.4. The highest BCUT2D eigenvalue weighted by Gasteiger charge is 2.05. The fraction of sp³-hybridized carbons (Fsp3) is 0.200. The van der Waals surface area contributed by atoms with Crippen LogP contribution in [0.1, 0.15) is 0 Å². The lowest BCUT2D eigenvalue weighted by Crippen LogP contribution is -2.04. The third-order valence-electron chi connectivity index (χ3n) is 1.48. The Kier molecular flexibility index (Phi) is 5.75. The molecule has 0 aliphatic rings. The number of hydrogen-bond acceptors (Lipinski definition) is 5. The fourth-order valence-electron chi connectivity index (χ4n) is 0.791. The minimum absolute atomic E-state index is 0.254. The number of benzene rings is 1. The molecule has 0 bridgehead atoms. The van der Waals surface area contributed by atoms with Crippen molar-refractivity contribution in [3.8, 4) is 0 Å². The molecule has 80 valence electrons. The second-order valence-corrected chi connectivity index (χ2v) is 5.78. The Bertz CT molecular complexity index is 338. The van der Waals surface area contributed by atoms with E-state index in [2.05, 4.69) is 4.74 Å². The highest BCUT2D eigenvalue weighted by Crippen LogP contribution is 2.25. The molecule has 0 heterocycles. The van der Waals surface area contributed by atoms with Crippen molar-refractivity contribution in [1.82, 2.24) is 0 Å². The number of thiocarbonyl (C=S) groups is 1. The zero-order valence-corrected chi connectivity index (χ0v) is 10.6. The quantitative estimate of drug-likeness (QED) is 0.472. The molecule has 2 nitrogen and oxygen atoms in total. The summed E-state index contributed by atoms with van der Waals surface area (Å²) >= 11 is 7.93. The Hall–Kier alpha value is -0.520. The SMILES string of the molecule is COC(=O)CSC(=S)Sc1ccccc1. The van der Waals surface area contributed by atoms with Gasteiger partial charge in [-0.25, -0.2) is 0 Å². The predicted octanol–water partition coefficient (Wildman–Crippen LogP) is 2.97. The van der Waals surface area contributed by atoms with Crippen LogP contribution in [0.3, 0.4) is 0 Å². The molecule has 1 aromatic carbocycles. The first-order valence-electron chi connectivity index (χ1n) is 4.19. The molecule has 0 atom stereocenters. The molecule has 0 aliphatic heterocycles. The van der Waals surface area contributed by atoms with Crippen molar-refractivity contribution >= 4 is 45.2 Å². The van der Waals surface area contributed by atoms with Gasteiger partial charge in [-0.15, -0.1) is 0 Å². The Morgan fingerprint density at radius 1 is 1.40 bits per heavy atom.